The highest BCUT2D eigenvalue weighted by Crippen LogP contribution is 2.26. The van der Waals surface area contributed by atoms with E-state index in [-0.39, 0.29) is 0 Å². The van der Waals surface area contributed by atoms with Gasteiger partial charge in [-0.1, -0.05) is 0 Å². The van der Waals surface area contributed by atoms with Gasteiger partial charge in [-0.25, -0.2) is 0 Å². The molecule has 0 spiro atoms. The van der Waals surface area contributed by atoms with Gasteiger partial charge in [0.2, 0.25) is 0 Å². The summed E-state index contributed by atoms with van der Waals surface area (Å²) in [6.45, 7) is 0. The minimum Gasteiger partial charge on any atom is -0.326 e. The number of hydrogen-bond acceptors (Lipinski definition) is 6. The van der Waals surface area contributed by atoms with Crippen LogP contribution in [0.4, 0.5) is 0 Å². The molecule has 11 heavy (non-hydrogen) atoms. The van der Waals surface area contributed by atoms with E-state index in [0.29, 0.717) is 0 Å². The predicted octanol–water partition coefficient (Wildman–Crippen LogP) is -0.972. The van der Waals surface area contributed by atoms with Gasteiger partial charge in [-0.3, -0.25) is 9.13 Å². The predicted molar refractivity (Wildman–Crippen MR) is 33.5 cm³/mol. The summed E-state index contributed by atoms with van der Waals surface area (Å²) >= 11 is 0. The van der Waals surface area contributed by atoms with Crippen molar-refractivity contribution in [2.45, 2.75) is 0 Å². The molecule has 0 aromatic carbocycles. The SMILES string of the molecule is O=[PH](O)OS(=O)(=O)O[PH](=O)O. The first-order valence-electron chi connectivity index (χ1n) is 1.93. The first-order chi connectivity index (χ1) is 4.83. The molecule has 0 amide bonds. The van der Waals surface area contributed by atoms with Crippen LogP contribution in [0.3, 0.4) is 0 Å². The maximum Gasteiger partial charge on any atom is 0.414 e. The lowest BCUT2D eigenvalue weighted by Gasteiger charge is -1.97. The lowest BCUT2D eigenvalue weighted by Crippen LogP contribution is -2.00. The molecule has 0 aliphatic heterocycles. The molecule has 0 heterocycles. The van der Waals surface area contributed by atoms with Crippen LogP contribution in [-0.2, 0) is 27.5 Å². The minimum absolute atomic E-state index is 3.27. The normalized spacial score (nSPS) is 17.6. The molecule has 0 saturated carbocycles. The van der Waals surface area contributed by atoms with Crippen molar-refractivity contribution in [2.75, 3.05) is 0 Å². The third-order valence-corrected chi connectivity index (χ3v) is 3.12. The second-order valence-corrected chi connectivity index (χ2v) is 4.32. The van der Waals surface area contributed by atoms with Crippen molar-refractivity contribution < 1.29 is 35.3 Å². The van der Waals surface area contributed by atoms with E-state index in [2.05, 4.69) is 7.94 Å². The molecule has 0 aliphatic rings. The van der Waals surface area contributed by atoms with Gasteiger partial charge in [-0.05, 0) is 0 Å². The Hall–Kier alpha value is 0.250. The van der Waals surface area contributed by atoms with E-state index in [1.54, 1.807) is 0 Å². The fourth-order valence-electron chi connectivity index (χ4n) is 0.192. The Kier molecular flexibility index (Phi) is 4.42. The van der Waals surface area contributed by atoms with Gasteiger partial charge < -0.3 is 9.79 Å². The molecule has 0 fully saturated rings. The van der Waals surface area contributed by atoms with Crippen LogP contribution < -0.4 is 0 Å². The Balaban J connectivity index is 4.25. The molecule has 0 aromatic rings. The van der Waals surface area contributed by atoms with E-state index in [4.69, 9.17) is 9.79 Å². The molecule has 0 saturated heterocycles. The summed E-state index contributed by atoms with van der Waals surface area (Å²) in [5, 5.41) is 0. The van der Waals surface area contributed by atoms with Crippen molar-refractivity contribution in [1.29, 1.82) is 0 Å². The molecule has 8 nitrogen and oxygen atoms in total. The molecule has 0 bridgehead atoms. The molecule has 2 unspecified atom stereocenters. The molecule has 0 aliphatic carbocycles. The summed E-state index contributed by atoms with van der Waals surface area (Å²) in [6, 6.07) is 0. The summed E-state index contributed by atoms with van der Waals surface area (Å²) in [7, 11) is -12.3. The van der Waals surface area contributed by atoms with E-state index < -0.39 is 26.9 Å². The van der Waals surface area contributed by atoms with Gasteiger partial charge in [0.05, 0.1) is 0 Å². The van der Waals surface area contributed by atoms with Crippen LogP contribution in [0.15, 0.2) is 0 Å². The summed E-state index contributed by atoms with van der Waals surface area (Å²) in [5.74, 6) is 0. The molecule has 0 aromatic heterocycles. The van der Waals surface area contributed by atoms with Crippen LogP contribution in [0.25, 0.3) is 0 Å². The molecule has 0 radical (unpaired) electrons. The van der Waals surface area contributed by atoms with Crippen molar-refractivity contribution >= 4 is 26.9 Å². The molecular formula is H4O8P2S. The first-order valence-corrected chi connectivity index (χ1v) is 5.79. The molecule has 2 atom stereocenters. The lowest BCUT2D eigenvalue weighted by molar-refractivity contribution is 0.344. The number of hydrogen-bond donors (Lipinski definition) is 2. The highest BCUT2D eigenvalue weighted by molar-refractivity contribution is 7.88. The van der Waals surface area contributed by atoms with Gasteiger partial charge in [0.1, 0.15) is 0 Å². The third-order valence-electron chi connectivity index (χ3n) is 0.347. The zero-order valence-corrected chi connectivity index (χ0v) is 7.57. The molecular weight excluding hydrogens is 222 g/mol. The van der Waals surface area contributed by atoms with Crippen LogP contribution in [0.1, 0.15) is 0 Å². The summed E-state index contributed by atoms with van der Waals surface area (Å²) in [4.78, 5) is 15.8. The Bertz CT molecular complexity index is 238. The van der Waals surface area contributed by atoms with Gasteiger partial charge in [-0.2, -0.15) is 16.4 Å². The van der Waals surface area contributed by atoms with Crippen molar-refractivity contribution in [3.05, 3.63) is 0 Å². The Morgan fingerprint density at radius 3 is 1.45 bits per heavy atom. The van der Waals surface area contributed by atoms with E-state index in [0.717, 1.165) is 0 Å². The van der Waals surface area contributed by atoms with Crippen molar-refractivity contribution in [2.24, 2.45) is 0 Å². The Morgan fingerprint density at radius 1 is 1.00 bits per heavy atom. The highest BCUT2D eigenvalue weighted by atomic mass is 32.3. The largest absolute Gasteiger partial charge is 0.414 e. The monoisotopic (exact) mass is 226 g/mol. The van der Waals surface area contributed by atoms with Gasteiger partial charge >= 0.3 is 26.9 Å². The zero-order chi connectivity index (χ0) is 9.07. The van der Waals surface area contributed by atoms with Crippen molar-refractivity contribution in [3.8, 4) is 0 Å². The lowest BCUT2D eigenvalue weighted by atomic mass is 15.7. The van der Waals surface area contributed by atoms with Gasteiger partial charge in [0.15, 0.2) is 0 Å². The average molecular weight is 226 g/mol. The topological polar surface area (TPSA) is 127 Å². The van der Waals surface area contributed by atoms with E-state index in [1.165, 1.54) is 0 Å². The highest BCUT2D eigenvalue weighted by Gasteiger charge is 2.17. The van der Waals surface area contributed by atoms with E-state index in [9.17, 15) is 17.5 Å². The minimum atomic E-state index is -4.81. The van der Waals surface area contributed by atoms with Crippen LogP contribution in [0.5, 0.6) is 0 Å². The molecule has 0 rings (SSSR count). The summed E-state index contributed by atoms with van der Waals surface area (Å²) in [6.07, 6.45) is 0. The van der Waals surface area contributed by atoms with Gasteiger partial charge in [0, 0.05) is 0 Å². The molecule has 11 heteroatoms. The Labute approximate surface area is 63.0 Å². The average Bonchev–Trinajstić information content (AvgIpc) is 1.53. The summed E-state index contributed by atoms with van der Waals surface area (Å²) in [5.41, 5.74) is 0. The molecule has 68 valence electrons. The smallest absolute Gasteiger partial charge is 0.326 e. The van der Waals surface area contributed by atoms with Gasteiger partial charge in [0.25, 0.3) is 0 Å². The fraction of sp³-hybridized carbons (Fsp3) is 0. The summed E-state index contributed by atoms with van der Waals surface area (Å²) < 4.78 is 46.3. The second-order valence-electron chi connectivity index (χ2n) is 1.11. The number of rotatable bonds is 4. The zero-order valence-electron chi connectivity index (χ0n) is 4.75. The molecule has 2 N–H and O–H groups in total. The quantitative estimate of drug-likeness (QED) is 0.586. The second kappa shape index (κ2) is 4.32. The van der Waals surface area contributed by atoms with Gasteiger partial charge in [-0.15, -0.1) is 0 Å². The van der Waals surface area contributed by atoms with Crippen LogP contribution in [0, 0.1) is 0 Å². The van der Waals surface area contributed by atoms with E-state index >= 15 is 0 Å². The fourth-order valence-corrected chi connectivity index (χ4v) is 2.03. The maximum absolute atomic E-state index is 10.1. The third kappa shape index (κ3) is 6.64. The van der Waals surface area contributed by atoms with Crippen molar-refractivity contribution in [1.82, 2.24) is 0 Å². The van der Waals surface area contributed by atoms with Crippen molar-refractivity contribution in [3.63, 3.8) is 0 Å². The Morgan fingerprint density at radius 2 is 1.27 bits per heavy atom. The van der Waals surface area contributed by atoms with Crippen LogP contribution >= 0.6 is 16.5 Å². The standard InChI is InChI=1S/H4O8P2S/c1-9(2)7-11(5,6)8-10(3)4/h9-10H,(H,1,2)(H,3,4). The van der Waals surface area contributed by atoms with E-state index in [1.807, 2.05) is 0 Å². The first kappa shape index (κ1) is 11.2. The van der Waals surface area contributed by atoms with Crippen LogP contribution in [-0.4, -0.2) is 18.2 Å². The maximum atomic E-state index is 10.1. The van der Waals surface area contributed by atoms with Crippen LogP contribution in [0.2, 0.25) is 0 Å².